The molecule has 7 heteroatoms. The molecule has 2 saturated heterocycles. The topological polar surface area (TPSA) is 55.8 Å². The molecule has 2 rings (SSSR count). The van der Waals surface area contributed by atoms with Gasteiger partial charge in [0.05, 0.1) is 6.10 Å². The second-order valence-electron chi connectivity index (χ2n) is 7.26. The largest absolute Gasteiger partial charge is 0.392 e. The van der Waals surface area contributed by atoms with E-state index in [-0.39, 0.29) is 30.9 Å². The van der Waals surface area contributed by atoms with Gasteiger partial charge in [-0.05, 0) is 70.6 Å². The number of halogens is 2. The highest BCUT2D eigenvalue weighted by molar-refractivity contribution is 5.85. The molecule has 5 nitrogen and oxygen atoms in total. The molecule has 2 unspecified atom stereocenters. The summed E-state index contributed by atoms with van der Waals surface area (Å²) in [7, 11) is 1.96. The Hall–Kier alpha value is -0.0700. The predicted octanol–water partition coefficient (Wildman–Crippen LogP) is 1.77. The Balaban J connectivity index is 0.00000264. The van der Waals surface area contributed by atoms with Gasteiger partial charge in [0.1, 0.15) is 0 Å². The van der Waals surface area contributed by atoms with Crippen molar-refractivity contribution in [1.29, 1.82) is 0 Å². The van der Waals surface area contributed by atoms with Crippen LogP contribution in [0.5, 0.6) is 0 Å². The van der Waals surface area contributed by atoms with Gasteiger partial charge in [0, 0.05) is 26.6 Å². The highest BCUT2D eigenvalue weighted by Crippen LogP contribution is 2.19. The van der Waals surface area contributed by atoms with Crippen LogP contribution >= 0.6 is 24.8 Å². The zero-order valence-corrected chi connectivity index (χ0v) is 16.7. The molecule has 2 heterocycles. The van der Waals surface area contributed by atoms with Crippen molar-refractivity contribution in [2.75, 3.05) is 46.3 Å². The summed E-state index contributed by atoms with van der Waals surface area (Å²) in [5, 5.41) is 12.8. The Morgan fingerprint density at radius 1 is 1.25 bits per heavy atom. The average molecular weight is 384 g/mol. The molecule has 2 aliphatic rings. The van der Waals surface area contributed by atoms with Crippen LogP contribution in [0, 0.1) is 11.8 Å². The number of rotatable bonds is 7. The molecule has 2 atom stereocenters. The van der Waals surface area contributed by atoms with Crippen LogP contribution < -0.4 is 5.32 Å². The highest BCUT2D eigenvalue weighted by atomic mass is 35.5. The number of amides is 1. The van der Waals surface area contributed by atoms with Gasteiger partial charge in [-0.25, -0.2) is 0 Å². The summed E-state index contributed by atoms with van der Waals surface area (Å²) in [6, 6.07) is 0. The average Bonchev–Trinajstić information content (AvgIpc) is 2.99. The molecule has 2 N–H and O–H groups in total. The molecule has 0 aromatic rings. The van der Waals surface area contributed by atoms with Crippen molar-refractivity contribution in [2.24, 2.45) is 11.8 Å². The quantitative estimate of drug-likeness (QED) is 0.703. The lowest BCUT2D eigenvalue weighted by atomic mass is 9.95. The number of likely N-dealkylation sites (tertiary alicyclic amines) is 1. The van der Waals surface area contributed by atoms with Crippen molar-refractivity contribution >= 4 is 30.7 Å². The van der Waals surface area contributed by atoms with Gasteiger partial charge in [-0.1, -0.05) is 0 Å². The maximum Gasteiger partial charge on any atom is 0.222 e. The van der Waals surface area contributed by atoms with E-state index in [1.807, 2.05) is 18.9 Å². The maximum absolute atomic E-state index is 12.2. The number of nitrogens with one attached hydrogen (secondary N) is 1. The third-order valence-corrected chi connectivity index (χ3v) is 5.12. The van der Waals surface area contributed by atoms with Crippen LogP contribution in [0.25, 0.3) is 0 Å². The fourth-order valence-corrected chi connectivity index (χ4v) is 3.69. The van der Waals surface area contributed by atoms with Gasteiger partial charge < -0.3 is 20.2 Å². The van der Waals surface area contributed by atoms with Crippen molar-refractivity contribution < 1.29 is 9.90 Å². The van der Waals surface area contributed by atoms with Crippen LogP contribution in [0.1, 0.15) is 39.0 Å². The Morgan fingerprint density at radius 2 is 1.92 bits per heavy atom. The van der Waals surface area contributed by atoms with Crippen molar-refractivity contribution in [2.45, 2.75) is 45.1 Å². The van der Waals surface area contributed by atoms with E-state index in [4.69, 9.17) is 0 Å². The second-order valence-corrected chi connectivity index (χ2v) is 7.26. The minimum atomic E-state index is -0.245. The first kappa shape index (κ1) is 23.9. The van der Waals surface area contributed by atoms with Gasteiger partial charge in [0.15, 0.2) is 0 Å². The van der Waals surface area contributed by atoms with E-state index in [0.29, 0.717) is 24.2 Å². The molecule has 0 aromatic carbocycles. The van der Waals surface area contributed by atoms with Gasteiger partial charge in [-0.2, -0.15) is 0 Å². The molecule has 2 aliphatic heterocycles. The van der Waals surface area contributed by atoms with Crippen LogP contribution in [-0.4, -0.2) is 73.2 Å². The molecule has 0 bridgehead atoms. The Kier molecular flexibility index (Phi) is 12.3. The molecule has 0 aliphatic carbocycles. The molecule has 0 spiro atoms. The highest BCUT2D eigenvalue weighted by Gasteiger charge is 2.23. The number of carbonyl (C=O) groups excluding carboxylic acids is 1. The minimum absolute atomic E-state index is 0. The molecule has 2 fully saturated rings. The lowest BCUT2D eigenvalue weighted by Crippen LogP contribution is -2.41. The zero-order chi connectivity index (χ0) is 15.9. The minimum Gasteiger partial charge on any atom is -0.392 e. The molecule has 0 aromatic heterocycles. The number of β-amino-alcohol motifs (C(OH)–C–C–N with tert-alkyl or cyclic N) is 1. The smallest absolute Gasteiger partial charge is 0.222 e. The summed E-state index contributed by atoms with van der Waals surface area (Å²) in [4.78, 5) is 16.5. The number of piperidine rings is 1. The SMILES string of the molecule is CC(O)CN1CCC(CN(C)C(=O)CCC2CCNC2)CC1.Cl.Cl. The summed E-state index contributed by atoms with van der Waals surface area (Å²) in [6.07, 6.45) is 4.98. The Morgan fingerprint density at radius 3 is 2.46 bits per heavy atom. The first-order valence-corrected chi connectivity index (χ1v) is 8.89. The summed E-state index contributed by atoms with van der Waals surface area (Å²) in [6.45, 7) is 7.80. The number of hydrogen-bond donors (Lipinski definition) is 2. The standard InChI is InChI=1S/C17H33N3O2.2ClH/c1-14(21)12-20-9-6-16(7-10-20)13-19(2)17(22)4-3-15-5-8-18-11-15;;/h14-16,18,21H,3-13H2,1-2H3;2*1H. The van der Waals surface area contributed by atoms with E-state index >= 15 is 0 Å². The maximum atomic E-state index is 12.2. The van der Waals surface area contributed by atoms with E-state index in [1.165, 1.54) is 6.42 Å². The number of aliphatic hydroxyl groups excluding tert-OH is 1. The number of hydrogen-bond acceptors (Lipinski definition) is 4. The number of nitrogens with zero attached hydrogens (tertiary/aromatic N) is 2. The van der Waals surface area contributed by atoms with Crippen LogP contribution in [0.2, 0.25) is 0 Å². The van der Waals surface area contributed by atoms with Crippen molar-refractivity contribution in [3.63, 3.8) is 0 Å². The van der Waals surface area contributed by atoms with Crippen molar-refractivity contribution in [3.05, 3.63) is 0 Å². The first-order valence-electron chi connectivity index (χ1n) is 8.89. The summed E-state index contributed by atoms with van der Waals surface area (Å²) in [5.41, 5.74) is 0. The van der Waals surface area contributed by atoms with Crippen molar-refractivity contribution in [1.82, 2.24) is 15.1 Å². The number of carbonyl (C=O) groups is 1. The number of aliphatic hydroxyl groups is 1. The van der Waals surface area contributed by atoms with Crippen LogP contribution in [0.15, 0.2) is 0 Å². The van der Waals surface area contributed by atoms with E-state index in [9.17, 15) is 9.90 Å². The fraction of sp³-hybridized carbons (Fsp3) is 0.941. The fourth-order valence-electron chi connectivity index (χ4n) is 3.69. The molecule has 144 valence electrons. The molecule has 0 radical (unpaired) electrons. The van der Waals surface area contributed by atoms with Crippen LogP contribution in [-0.2, 0) is 4.79 Å². The summed E-state index contributed by atoms with van der Waals surface area (Å²) in [5.74, 6) is 1.62. The van der Waals surface area contributed by atoms with Gasteiger partial charge >= 0.3 is 0 Å². The van der Waals surface area contributed by atoms with E-state index in [1.54, 1.807) is 0 Å². The zero-order valence-electron chi connectivity index (χ0n) is 15.1. The third-order valence-electron chi connectivity index (χ3n) is 5.12. The van der Waals surface area contributed by atoms with Crippen LogP contribution in [0.3, 0.4) is 0 Å². The molecular formula is C17H35Cl2N3O2. The first-order chi connectivity index (χ1) is 10.5. The third kappa shape index (κ3) is 8.34. The summed E-state index contributed by atoms with van der Waals surface area (Å²) >= 11 is 0. The predicted molar refractivity (Wildman–Crippen MR) is 103 cm³/mol. The normalized spacial score (nSPS) is 23.2. The van der Waals surface area contributed by atoms with E-state index in [0.717, 1.165) is 58.5 Å². The molecule has 0 saturated carbocycles. The van der Waals surface area contributed by atoms with E-state index < -0.39 is 0 Å². The van der Waals surface area contributed by atoms with E-state index in [2.05, 4.69) is 10.2 Å². The van der Waals surface area contributed by atoms with Crippen molar-refractivity contribution in [3.8, 4) is 0 Å². The Labute approximate surface area is 159 Å². The lowest BCUT2D eigenvalue weighted by molar-refractivity contribution is -0.131. The second kappa shape index (κ2) is 12.3. The van der Waals surface area contributed by atoms with Gasteiger partial charge in [-0.15, -0.1) is 24.8 Å². The van der Waals surface area contributed by atoms with Gasteiger partial charge in [0.2, 0.25) is 5.91 Å². The molecule has 24 heavy (non-hydrogen) atoms. The lowest BCUT2D eigenvalue weighted by Gasteiger charge is -2.34. The van der Waals surface area contributed by atoms with Crippen LogP contribution in [0.4, 0.5) is 0 Å². The Bertz CT molecular complexity index is 345. The summed E-state index contributed by atoms with van der Waals surface area (Å²) < 4.78 is 0. The molecule has 1 amide bonds. The van der Waals surface area contributed by atoms with Gasteiger partial charge in [-0.3, -0.25) is 4.79 Å². The monoisotopic (exact) mass is 383 g/mol. The van der Waals surface area contributed by atoms with Gasteiger partial charge in [0.25, 0.3) is 0 Å². The molecular weight excluding hydrogens is 349 g/mol.